The second kappa shape index (κ2) is 5.63. The van der Waals surface area contributed by atoms with Crippen molar-refractivity contribution in [1.82, 2.24) is 10.2 Å². The standard InChI is InChI=1S/C17H20N2O/c1-2-9-19(16-11-18-12-16)17(20)15-8-7-13-5-3-4-6-14(13)10-15/h3-8,10,16,18H,2,9,11-12H2,1H3. The molecule has 3 nitrogen and oxygen atoms in total. The first kappa shape index (κ1) is 13.1. The fourth-order valence-electron chi connectivity index (χ4n) is 2.67. The first-order valence-corrected chi connectivity index (χ1v) is 7.30. The summed E-state index contributed by atoms with van der Waals surface area (Å²) in [5.41, 5.74) is 0.795. The van der Waals surface area contributed by atoms with Crippen molar-refractivity contribution in [2.75, 3.05) is 19.6 Å². The number of fused-ring (bicyclic) bond motifs is 1. The number of carbonyl (C=O) groups excluding carboxylic acids is 1. The zero-order valence-electron chi connectivity index (χ0n) is 11.8. The molecule has 2 aromatic carbocycles. The van der Waals surface area contributed by atoms with Crippen molar-refractivity contribution in [1.29, 1.82) is 0 Å². The minimum Gasteiger partial charge on any atom is -0.333 e. The Morgan fingerprint density at radius 1 is 1.20 bits per heavy atom. The Kier molecular flexibility index (Phi) is 3.70. The van der Waals surface area contributed by atoms with Crippen LogP contribution in [0.2, 0.25) is 0 Å². The van der Waals surface area contributed by atoms with E-state index in [9.17, 15) is 4.79 Å². The number of hydrogen-bond acceptors (Lipinski definition) is 2. The second-order valence-corrected chi connectivity index (χ2v) is 5.37. The van der Waals surface area contributed by atoms with Gasteiger partial charge < -0.3 is 10.2 Å². The molecule has 0 radical (unpaired) electrons. The summed E-state index contributed by atoms with van der Waals surface area (Å²) in [7, 11) is 0. The molecule has 3 rings (SSSR count). The number of hydrogen-bond donors (Lipinski definition) is 1. The van der Waals surface area contributed by atoms with Crippen molar-refractivity contribution in [2.45, 2.75) is 19.4 Å². The van der Waals surface area contributed by atoms with Crippen LogP contribution in [-0.2, 0) is 0 Å². The van der Waals surface area contributed by atoms with Crippen LogP contribution in [-0.4, -0.2) is 36.5 Å². The van der Waals surface area contributed by atoms with E-state index in [-0.39, 0.29) is 5.91 Å². The van der Waals surface area contributed by atoms with Gasteiger partial charge in [0.1, 0.15) is 0 Å². The Bertz CT molecular complexity index is 619. The number of nitrogens with zero attached hydrogens (tertiary/aromatic N) is 1. The second-order valence-electron chi connectivity index (χ2n) is 5.37. The van der Waals surface area contributed by atoms with Crippen LogP contribution < -0.4 is 5.32 Å². The van der Waals surface area contributed by atoms with E-state index in [2.05, 4.69) is 24.4 Å². The van der Waals surface area contributed by atoms with Crippen LogP contribution in [0.4, 0.5) is 0 Å². The fourth-order valence-corrected chi connectivity index (χ4v) is 2.67. The molecule has 104 valence electrons. The quantitative estimate of drug-likeness (QED) is 0.924. The van der Waals surface area contributed by atoms with Crippen LogP contribution in [0.25, 0.3) is 10.8 Å². The van der Waals surface area contributed by atoms with Gasteiger partial charge in [0.25, 0.3) is 5.91 Å². The molecule has 1 N–H and O–H groups in total. The predicted octanol–water partition coefficient (Wildman–Crippen LogP) is 2.66. The lowest BCUT2D eigenvalue weighted by Gasteiger charge is -2.38. The van der Waals surface area contributed by atoms with Gasteiger partial charge in [0, 0.05) is 25.2 Å². The smallest absolute Gasteiger partial charge is 0.254 e. The first-order chi connectivity index (χ1) is 9.79. The summed E-state index contributed by atoms with van der Waals surface area (Å²) in [4.78, 5) is 14.7. The van der Waals surface area contributed by atoms with Gasteiger partial charge in [0.2, 0.25) is 0 Å². The maximum atomic E-state index is 12.7. The Balaban J connectivity index is 1.89. The van der Waals surface area contributed by atoms with Gasteiger partial charge in [-0.15, -0.1) is 0 Å². The van der Waals surface area contributed by atoms with Crippen LogP contribution in [0.3, 0.4) is 0 Å². The predicted molar refractivity (Wildman–Crippen MR) is 81.9 cm³/mol. The molecule has 1 aliphatic rings. The minimum absolute atomic E-state index is 0.157. The molecular weight excluding hydrogens is 248 g/mol. The van der Waals surface area contributed by atoms with Crippen molar-refractivity contribution in [3.8, 4) is 0 Å². The first-order valence-electron chi connectivity index (χ1n) is 7.30. The van der Waals surface area contributed by atoms with Crippen molar-refractivity contribution in [3.05, 3.63) is 48.0 Å². The molecule has 1 fully saturated rings. The van der Waals surface area contributed by atoms with E-state index in [0.717, 1.165) is 37.0 Å². The molecule has 1 saturated heterocycles. The van der Waals surface area contributed by atoms with Gasteiger partial charge in [-0.25, -0.2) is 0 Å². The third kappa shape index (κ3) is 2.41. The van der Waals surface area contributed by atoms with Crippen LogP contribution in [0.1, 0.15) is 23.7 Å². The van der Waals surface area contributed by atoms with Crippen molar-refractivity contribution >= 4 is 16.7 Å². The molecule has 3 heteroatoms. The highest BCUT2D eigenvalue weighted by molar-refractivity contribution is 5.98. The highest BCUT2D eigenvalue weighted by Gasteiger charge is 2.28. The van der Waals surface area contributed by atoms with Crippen LogP contribution in [0.15, 0.2) is 42.5 Å². The SMILES string of the molecule is CCCN(C(=O)c1ccc2ccccc2c1)C1CNC1. The largest absolute Gasteiger partial charge is 0.333 e. The number of amides is 1. The molecule has 0 aromatic heterocycles. The molecule has 0 aliphatic carbocycles. The summed E-state index contributed by atoms with van der Waals surface area (Å²) < 4.78 is 0. The zero-order chi connectivity index (χ0) is 13.9. The molecule has 2 aromatic rings. The molecule has 0 saturated carbocycles. The average Bonchev–Trinajstić information content (AvgIpc) is 2.43. The molecular formula is C17H20N2O. The summed E-state index contributed by atoms with van der Waals surface area (Å²) in [6.45, 7) is 4.78. The molecule has 1 amide bonds. The Morgan fingerprint density at radius 3 is 2.60 bits per heavy atom. The van der Waals surface area contributed by atoms with E-state index in [1.165, 1.54) is 5.39 Å². The lowest BCUT2D eigenvalue weighted by molar-refractivity contribution is 0.0616. The third-order valence-electron chi connectivity index (χ3n) is 3.92. The van der Waals surface area contributed by atoms with Crippen molar-refractivity contribution in [2.24, 2.45) is 0 Å². The Morgan fingerprint density at radius 2 is 1.95 bits per heavy atom. The monoisotopic (exact) mass is 268 g/mol. The Labute approximate surface area is 119 Å². The number of rotatable bonds is 4. The van der Waals surface area contributed by atoms with Crippen LogP contribution in [0.5, 0.6) is 0 Å². The molecule has 0 unspecified atom stereocenters. The van der Waals surface area contributed by atoms with Gasteiger partial charge in [-0.05, 0) is 29.3 Å². The number of benzene rings is 2. The molecule has 0 spiro atoms. The van der Waals surface area contributed by atoms with E-state index in [4.69, 9.17) is 0 Å². The van der Waals surface area contributed by atoms with E-state index in [1.807, 2.05) is 35.2 Å². The maximum absolute atomic E-state index is 12.7. The van der Waals surface area contributed by atoms with Crippen molar-refractivity contribution < 1.29 is 4.79 Å². The number of carbonyl (C=O) groups is 1. The maximum Gasteiger partial charge on any atom is 0.254 e. The summed E-state index contributed by atoms with van der Waals surface area (Å²) in [5.74, 6) is 0.157. The summed E-state index contributed by atoms with van der Waals surface area (Å²) in [5, 5.41) is 5.55. The van der Waals surface area contributed by atoms with Crippen LogP contribution in [0, 0.1) is 0 Å². The van der Waals surface area contributed by atoms with Gasteiger partial charge in [0.15, 0.2) is 0 Å². The van der Waals surface area contributed by atoms with E-state index >= 15 is 0 Å². The Hall–Kier alpha value is -1.87. The fraction of sp³-hybridized carbons (Fsp3) is 0.353. The highest BCUT2D eigenvalue weighted by Crippen LogP contribution is 2.18. The third-order valence-corrected chi connectivity index (χ3v) is 3.92. The summed E-state index contributed by atoms with van der Waals surface area (Å²) >= 11 is 0. The van der Waals surface area contributed by atoms with Gasteiger partial charge in [0.05, 0.1) is 6.04 Å². The van der Waals surface area contributed by atoms with Gasteiger partial charge in [-0.1, -0.05) is 37.3 Å². The highest BCUT2D eigenvalue weighted by atomic mass is 16.2. The summed E-state index contributed by atoms with van der Waals surface area (Å²) in [6.07, 6.45) is 0.996. The molecule has 20 heavy (non-hydrogen) atoms. The van der Waals surface area contributed by atoms with Crippen LogP contribution >= 0.6 is 0 Å². The molecule has 0 bridgehead atoms. The van der Waals surface area contributed by atoms with E-state index in [0.29, 0.717) is 6.04 Å². The normalized spacial score (nSPS) is 15.1. The molecule has 1 heterocycles. The topological polar surface area (TPSA) is 32.3 Å². The minimum atomic E-state index is 0.157. The van der Waals surface area contributed by atoms with Crippen molar-refractivity contribution in [3.63, 3.8) is 0 Å². The summed E-state index contributed by atoms with van der Waals surface area (Å²) in [6, 6.07) is 14.5. The van der Waals surface area contributed by atoms with E-state index in [1.54, 1.807) is 0 Å². The lowest BCUT2D eigenvalue weighted by Crippen LogP contribution is -2.59. The zero-order valence-corrected chi connectivity index (χ0v) is 11.8. The lowest BCUT2D eigenvalue weighted by atomic mass is 10.0. The number of nitrogens with one attached hydrogen (secondary N) is 1. The van der Waals surface area contributed by atoms with Gasteiger partial charge in [-0.3, -0.25) is 4.79 Å². The van der Waals surface area contributed by atoms with Gasteiger partial charge in [-0.2, -0.15) is 0 Å². The molecule has 0 atom stereocenters. The average molecular weight is 268 g/mol. The molecule has 1 aliphatic heterocycles. The van der Waals surface area contributed by atoms with E-state index < -0.39 is 0 Å². The van der Waals surface area contributed by atoms with Gasteiger partial charge >= 0.3 is 0 Å².